The Morgan fingerprint density at radius 2 is 1.85 bits per heavy atom. The Balaban J connectivity index is 2.16. The SMILES string of the molecule is O=C=NCC1c2ccccc2CCc2cc(Cl)ccc21. The van der Waals surface area contributed by atoms with E-state index in [2.05, 4.69) is 29.3 Å². The summed E-state index contributed by atoms with van der Waals surface area (Å²) in [7, 11) is 0. The van der Waals surface area contributed by atoms with E-state index in [1.165, 1.54) is 22.3 Å². The highest BCUT2D eigenvalue weighted by molar-refractivity contribution is 6.30. The second-order valence-electron chi connectivity index (χ2n) is 5.03. The molecule has 0 saturated heterocycles. The minimum atomic E-state index is 0.113. The van der Waals surface area contributed by atoms with E-state index in [0.717, 1.165) is 17.9 Å². The first-order valence-electron chi connectivity index (χ1n) is 6.69. The van der Waals surface area contributed by atoms with E-state index in [4.69, 9.17) is 11.6 Å². The molecule has 0 heterocycles. The Bertz CT molecular complexity index is 689. The Morgan fingerprint density at radius 3 is 2.70 bits per heavy atom. The molecule has 0 amide bonds. The van der Waals surface area contributed by atoms with Gasteiger partial charge in [-0.3, -0.25) is 0 Å². The second-order valence-corrected chi connectivity index (χ2v) is 5.46. The van der Waals surface area contributed by atoms with Crippen molar-refractivity contribution in [3.05, 3.63) is 69.7 Å². The van der Waals surface area contributed by atoms with Gasteiger partial charge in [-0.25, -0.2) is 9.79 Å². The van der Waals surface area contributed by atoms with Crippen molar-refractivity contribution in [3.8, 4) is 0 Å². The van der Waals surface area contributed by atoms with Crippen LogP contribution in [0.25, 0.3) is 0 Å². The zero-order chi connectivity index (χ0) is 13.9. The lowest BCUT2D eigenvalue weighted by atomic mass is 9.88. The Hall–Kier alpha value is -1.89. The summed E-state index contributed by atoms with van der Waals surface area (Å²) >= 11 is 6.11. The van der Waals surface area contributed by atoms with Crippen molar-refractivity contribution < 1.29 is 4.79 Å². The van der Waals surface area contributed by atoms with Crippen LogP contribution in [-0.2, 0) is 17.6 Å². The van der Waals surface area contributed by atoms with E-state index in [-0.39, 0.29) is 5.92 Å². The third-order valence-electron chi connectivity index (χ3n) is 3.91. The lowest BCUT2D eigenvalue weighted by molar-refractivity contribution is 0.562. The van der Waals surface area contributed by atoms with Gasteiger partial charge in [-0.2, -0.15) is 0 Å². The molecule has 100 valence electrons. The number of rotatable bonds is 2. The van der Waals surface area contributed by atoms with Gasteiger partial charge in [0.05, 0.1) is 6.54 Å². The van der Waals surface area contributed by atoms with E-state index in [1.807, 2.05) is 18.2 Å². The molecule has 1 aliphatic carbocycles. The highest BCUT2D eigenvalue weighted by Crippen LogP contribution is 2.35. The van der Waals surface area contributed by atoms with Crippen molar-refractivity contribution in [2.75, 3.05) is 6.54 Å². The summed E-state index contributed by atoms with van der Waals surface area (Å²) in [5.41, 5.74) is 5.05. The van der Waals surface area contributed by atoms with Crippen LogP contribution in [-0.4, -0.2) is 12.6 Å². The van der Waals surface area contributed by atoms with Crippen LogP contribution in [0.3, 0.4) is 0 Å². The van der Waals surface area contributed by atoms with Crippen LogP contribution in [0.1, 0.15) is 28.2 Å². The largest absolute Gasteiger partial charge is 0.234 e. The van der Waals surface area contributed by atoms with Crippen molar-refractivity contribution in [1.29, 1.82) is 0 Å². The maximum atomic E-state index is 10.5. The zero-order valence-electron chi connectivity index (χ0n) is 11.0. The number of fused-ring (bicyclic) bond motifs is 2. The number of isocyanates is 1. The molecule has 0 fully saturated rings. The Labute approximate surface area is 123 Å². The van der Waals surface area contributed by atoms with Gasteiger partial charge in [0.2, 0.25) is 6.08 Å². The second kappa shape index (κ2) is 5.62. The molecule has 3 rings (SSSR count). The van der Waals surface area contributed by atoms with Crippen LogP contribution in [0.15, 0.2) is 47.5 Å². The molecule has 0 aliphatic heterocycles. The number of aryl methyl sites for hydroxylation is 2. The van der Waals surface area contributed by atoms with Crippen molar-refractivity contribution in [2.45, 2.75) is 18.8 Å². The van der Waals surface area contributed by atoms with E-state index < -0.39 is 0 Å². The molecule has 0 saturated carbocycles. The normalized spacial score (nSPS) is 16.6. The first-order valence-corrected chi connectivity index (χ1v) is 7.07. The first kappa shape index (κ1) is 13.1. The molecule has 1 aliphatic rings. The predicted molar refractivity (Wildman–Crippen MR) is 80.1 cm³/mol. The van der Waals surface area contributed by atoms with Crippen LogP contribution < -0.4 is 0 Å². The van der Waals surface area contributed by atoms with E-state index in [1.54, 1.807) is 6.08 Å². The highest BCUT2D eigenvalue weighted by atomic mass is 35.5. The molecular formula is C17H14ClNO. The molecule has 2 aromatic rings. The van der Waals surface area contributed by atoms with E-state index in [0.29, 0.717) is 6.54 Å². The molecule has 0 spiro atoms. The number of nitrogens with zero attached hydrogens (tertiary/aromatic N) is 1. The minimum absolute atomic E-state index is 0.113. The van der Waals surface area contributed by atoms with Gasteiger partial charge in [0, 0.05) is 10.9 Å². The molecule has 3 heteroatoms. The van der Waals surface area contributed by atoms with Crippen molar-refractivity contribution in [1.82, 2.24) is 0 Å². The fourth-order valence-electron chi connectivity index (χ4n) is 2.99. The Kier molecular flexibility index (Phi) is 3.68. The minimum Gasteiger partial charge on any atom is -0.211 e. The summed E-state index contributed by atoms with van der Waals surface area (Å²) in [4.78, 5) is 14.3. The van der Waals surface area contributed by atoms with Crippen LogP contribution in [0.2, 0.25) is 5.02 Å². The fraction of sp³-hybridized carbons (Fsp3) is 0.235. The summed E-state index contributed by atoms with van der Waals surface area (Å²) in [6.07, 6.45) is 3.61. The lowest BCUT2D eigenvalue weighted by Gasteiger charge is -2.18. The predicted octanol–water partition coefficient (Wildman–Crippen LogP) is 3.91. The molecule has 0 aromatic heterocycles. The van der Waals surface area contributed by atoms with Crippen molar-refractivity contribution >= 4 is 17.7 Å². The maximum Gasteiger partial charge on any atom is 0.234 e. The van der Waals surface area contributed by atoms with Gasteiger partial charge in [-0.15, -0.1) is 0 Å². The smallest absolute Gasteiger partial charge is 0.211 e. The molecule has 20 heavy (non-hydrogen) atoms. The average Bonchev–Trinajstić information content (AvgIpc) is 2.62. The number of benzene rings is 2. The number of hydrogen-bond acceptors (Lipinski definition) is 2. The number of hydrogen-bond donors (Lipinski definition) is 0. The molecule has 1 unspecified atom stereocenters. The van der Waals surface area contributed by atoms with Crippen LogP contribution >= 0.6 is 11.6 Å². The van der Waals surface area contributed by atoms with Gasteiger partial charge >= 0.3 is 0 Å². The van der Waals surface area contributed by atoms with E-state index >= 15 is 0 Å². The van der Waals surface area contributed by atoms with Gasteiger partial charge < -0.3 is 0 Å². The molecule has 0 radical (unpaired) electrons. The molecule has 0 N–H and O–H groups in total. The van der Waals surface area contributed by atoms with Crippen LogP contribution in [0.4, 0.5) is 0 Å². The Morgan fingerprint density at radius 1 is 1.10 bits per heavy atom. The third kappa shape index (κ3) is 2.40. The van der Waals surface area contributed by atoms with Crippen LogP contribution in [0.5, 0.6) is 0 Å². The number of halogens is 1. The summed E-state index contributed by atoms with van der Waals surface area (Å²) < 4.78 is 0. The summed E-state index contributed by atoms with van der Waals surface area (Å²) in [6.45, 7) is 0.440. The highest BCUT2D eigenvalue weighted by Gasteiger charge is 2.23. The average molecular weight is 284 g/mol. The maximum absolute atomic E-state index is 10.5. The standard InChI is InChI=1S/C17H14ClNO/c18-14-7-8-16-13(9-14)6-5-12-3-1-2-4-15(12)17(16)10-19-11-20/h1-4,7-9,17H,5-6,10H2. The molecule has 1 atom stereocenters. The molecule has 2 nitrogen and oxygen atoms in total. The van der Waals surface area contributed by atoms with Crippen LogP contribution in [0, 0.1) is 0 Å². The number of carbonyl (C=O) groups excluding carboxylic acids is 1. The summed E-state index contributed by atoms with van der Waals surface area (Å²) in [5, 5.41) is 0.757. The molecular weight excluding hydrogens is 270 g/mol. The third-order valence-corrected chi connectivity index (χ3v) is 4.15. The van der Waals surface area contributed by atoms with Gasteiger partial charge in [-0.05, 0) is 47.2 Å². The molecule has 2 aromatic carbocycles. The van der Waals surface area contributed by atoms with Gasteiger partial charge in [-0.1, -0.05) is 41.9 Å². The van der Waals surface area contributed by atoms with Gasteiger partial charge in [0.25, 0.3) is 0 Å². The van der Waals surface area contributed by atoms with Crippen molar-refractivity contribution in [2.24, 2.45) is 4.99 Å². The lowest BCUT2D eigenvalue weighted by Crippen LogP contribution is -2.07. The fourth-order valence-corrected chi connectivity index (χ4v) is 3.19. The van der Waals surface area contributed by atoms with Crippen molar-refractivity contribution in [3.63, 3.8) is 0 Å². The topological polar surface area (TPSA) is 29.4 Å². The quantitative estimate of drug-likeness (QED) is 0.607. The number of aliphatic imine (C=N–C) groups is 1. The van der Waals surface area contributed by atoms with Gasteiger partial charge in [0.15, 0.2) is 0 Å². The first-order chi connectivity index (χ1) is 9.79. The molecule has 0 bridgehead atoms. The monoisotopic (exact) mass is 283 g/mol. The summed E-state index contributed by atoms with van der Waals surface area (Å²) in [5.74, 6) is 0.113. The van der Waals surface area contributed by atoms with Gasteiger partial charge in [0.1, 0.15) is 0 Å². The zero-order valence-corrected chi connectivity index (χ0v) is 11.7. The summed E-state index contributed by atoms with van der Waals surface area (Å²) in [6, 6.07) is 14.4. The van der Waals surface area contributed by atoms with E-state index in [9.17, 15) is 4.79 Å².